The van der Waals surface area contributed by atoms with Crippen LogP contribution >= 0.6 is 0 Å². The standard InChI is InChI=1S/C10H12N2O2/c13-10(14)4-9-11-5-8(6-12-9)7-2-1-3-7/h5-7H,1-4H2,(H,13,14). The number of carboxylic acid groups (broad SMARTS) is 1. The average Bonchev–Trinajstić information content (AvgIpc) is 2.04. The molecule has 0 aromatic carbocycles. The lowest BCUT2D eigenvalue weighted by Gasteiger charge is -2.24. The van der Waals surface area contributed by atoms with E-state index in [4.69, 9.17) is 5.11 Å². The molecule has 1 aliphatic rings. The molecule has 1 N–H and O–H groups in total. The van der Waals surface area contributed by atoms with Crippen LogP contribution in [0.2, 0.25) is 0 Å². The Kier molecular flexibility index (Phi) is 2.43. The van der Waals surface area contributed by atoms with Crippen molar-refractivity contribution in [2.24, 2.45) is 0 Å². The van der Waals surface area contributed by atoms with E-state index in [0.717, 1.165) is 5.56 Å². The zero-order valence-electron chi connectivity index (χ0n) is 7.81. The second-order valence-corrected chi connectivity index (χ2v) is 3.63. The van der Waals surface area contributed by atoms with Crippen LogP contribution in [0.5, 0.6) is 0 Å². The minimum Gasteiger partial charge on any atom is -0.481 e. The summed E-state index contributed by atoms with van der Waals surface area (Å²) in [6.45, 7) is 0. The molecular formula is C10H12N2O2. The van der Waals surface area contributed by atoms with E-state index in [0.29, 0.717) is 11.7 Å². The lowest BCUT2D eigenvalue weighted by Crippen LogP contribution is -2.11. The van der Waals surface area contributed by atoms with E-state index in [-0.39, 0.29) is 6.42 Å². The summed E-state index contributed by atoms with van der Waals surface area (Å²) in [5.74, 6) is 0.107. The number of hydrogen-bond donors (Lipinski definition) is 1. The van der Waals surface area contributed by atoms with Crippen LogP contribution in [-0.4, -0.2) is 21.0 Å². The fourth-order valence-corrected chi connectivity index (χ4v) is 1.54. The second kappa shape index (κ2) is 3.74. The van der Waals surface area contributed by atoms with Crippen molar-refractivity contribution in [3.05, 3.63) is 23.8 Å². The maximum absolute atomic E-state index is 10.4. The summed E-state index contributed by atoms with van der Waals surface area (Å²) in [4.78, 5) is 18.4. The van der Waals surface area contributed by atoms with Crippen LogP contribution < -0.4 is 0 Å². The average molecular weight is 192 g/mol. The van der Waals surface area contributed by atoms with Gasteiger partial charge < -0.3 is 5.11 Å². The molecule has 0 aliphatic heterocycles. The molecule has 1 aliphatic carbocycles. The van der Waals surface area contributed by atoms with E-state index in [2.05, 4.69) is 9.97 Å². The molecule has 1 aromatic heterocycles. The fraction of sp³-hybridized carbons (Fsp3) is 0.500. The predicted molar refractivity (Wildman–Crippen MR) is 50.0 cm³/mol. The van der Waals surface area contributed by atoms with Gasteiger partial charge in [0.05, 0.1) is 0 Å². The summed E-state index contributed by atoms with van der Waals surface area (Å²) in [6.07, 6.45) is 7.12. The maximum atomic E-state index is 10.4. The van der Waals surface area contributed by atoms with Gasteiger partial charge in [0, 0.05) is 12.4 Å². The van der Waals surface area contributed by atoms with E-state index >= 15 is 0 Å². The molecule has 0 saturated heterocycles. The smallest absolute Gasteiger partial charge is 0.311 e. The van der Waals surface area contributed by atoms with Gasteiger partial charge >= 0.3 is 5.97 Å². The van der Waals surface area contributed by atoms with Gasteiger partial charge in [0.25, 0.3) is 0 Å². The first-order valence-electron chi connectivity index (χ1n) is 4.78. The van der Waals surface area contributed by atoms with Crippen LogP contribution in [0.15, 0.2) is 12.4 Å². The SMILES string of the molecule is O=C(O)Cc1ncc(C2CCC2)cn1. The highest BCUT2D eigenvalue weighted by Crippen LogP contribution is 2.35. The largest absolute Gasteiger partial charge is 0.481 e. The number of nitrogens with zero attached hydrogens (tertiary/aromatic N) is 2. The number of aromatic nitrogens is 2. The summed E-state index contributed by atoms with van der Waals surface area (Å²) >= 11 is 0. The fourth-order valence-electron chi connectivity index (χ4n) is 1.54. The molecule has 74 valence electrons. The zero-order chi connectivity index (χ0) is 9.97. The molecule has 1 aromatic rings. The Morgan fingerprint density at radius 1 is 1.43 bits per heavy atom. The van der Waals surface area contributed by atoms with Crippen LogP contribution in [0.1, 0.15) is 36.6 Å². The number of aliphatic carboxylic acids is 1. The third-order valence-electron chi connectivity index (χ3n) is 2.61. The van der Waals surface area contributed by atoms with Gasteiger partial charge in [0.1, 0.15) is 12.2 Å². The van der Waals surface area contributed by atoms with Crippen LogP contribution in [0.25, 0.3) is 0 Å². The molecule has 0 spiro atoms. The van der Waals surface area contributed by atoms with Crippen molar-refractivity contribution in [3.8, 4) is 0 Å². The molecule has 1 saturated carbocycles. The van der Waals surface area contributed by atoms with Crippen molar-refractivity contribution in [1.29, 1.82) is 0 Å². The summed E-state index contributed by atoms with van der Waals surface area (Å²) in [5, 5.41) is 8.52. The first-order valence-corrected chi connectivity index (χ1v) is 4.78. The van der Waals surface area contributed by atoms with E-state index in [1.54, 1.807) is 12.4 Å². The van der Waals surface area contributed by atoms with Gasteiger partial charge in [-0.05, 0) is 24.3 Å². The summed E-state index contributed by atoms with van der Waals surface area (Å²) < 4.78 is 0. The van der Waals surface area contributed by atoms with Crippen LogP contribution in [0, 0.1) is 0 Å². The van der Waals surface area contributed by atoms with Crippen LogP contribution in [0.3, 0.4) is 0 Å². The highest BCUT2D eigenvalue weighted by molar-refractivity contribution is 5.68. The van der Waals surface area contributed by atoms with Gasteiger partial charge in [0.15, 0.2) is 0 Å². The van der Waals surface area contributed by atoms with Crippen molar-refractivity contribution < 1.29 is 9.90 Å². The Balaban J connectivity index is 2.05. The third kappa shape index (κ3) is 1.89. The Labute approximate surface area is 82.0 Å². The van der Waals surface area contributed by atoms with Gasteiger partial charge in [0.2, 0.25) is 0 Å². The molecule has 0 atom stereocenters. The lowest BCUT2D eigenvalue weighted by atomic mass is 9.81. The summed E-state index contributed by atoms with van der Waals surface area (Å²) in [7, 11) is 0. The molecule has 0 amide bonds. The Hall–Kier alpha value is -1.45. The number of hydrogen-bond acceptors (Lipinski definition) is 3. The second-order valence-electron chi connectivity index (χ2n) is 3.63. The van der Waals surface area contributed by atoms with E-state index in [1.165, 1.54) is 19.3 Å². The topological polar surface area (TPSA) is 63.1 Å². The third-order valence-corrected chi connectivity index (χ3v) is 2.61. The lowest BCUT2D eigenvalue weighted by molar-refractivity contribution is -0.136. The van der Waals surface area contributed by atoms with Crippen molar-refractivity contribution in [2.45, 2.75) is 31.6 Å². The number of carbonyl (C=O) groups is 1. The minimum atomic E-state index is -0.888. The van der Waals surface area contributed by atoms with Gasteiger partial charge in [-0.15, -0.1) is 0 Å². The molecule has 1 fully saturated rings. The van der Waals surface area contributed by atoms with Gasteiger partial charge in [-0.25, -0.2) is 9.97 Å². The number of carboxylic acids is 1. The van der Waals surface area contributed by atoms with Crippen LogP contribution in [-0.2, 0) is 11.2 Å². The normalized spacial score (nSPS) is 16.3. The molecule has 4 nitrogen and oxygen atoms in total. The maximum Gasteiger partial charge on any atom is 0.311 e. The summed E-state index contributed by atoms with van der Waals surface area (Å²) in [6, 6.07) is 0. The first-order chi connectivity index (χ1) is 6.75. The minimum absolute atomic E-state index is 0.0923. The summed E-state index contributed by atoms with van der Waals surface area (Å²) in [5.41, 5.74) is 1.14. The number of rotatable bonds is 3. The van der Waals surface area contributed by atoms with E-state index in [1.807, 2.05) is 0 Å². The van der Waals surface area contributed by atoms with E-state index in [9.17, 15) is 4.79 Å². The van der Waals surface area contributed by atoms with Crippen molar-refractivity contribution in [3.63, 3.8) is 0 Å². The predicted octanol–water partition coefficient (Wildman–Crippen LogP) is 1.37. The molecular weight excluding hydrogens is 180 g/mol. The molecule has 14 heavy (non-hydrogen) atoms. The first kappa shape index (κ1) is 9.12. The molecule has 0 unspecified atom stereocenters. The Morgan fingerprint density at radius 2 is 2.07 bits per heavy atom. The van der Waals surface area contributed by atoms with E-state index < -0.39 is 5.97 Å². The Bertz CT molecular complexity index is 330. The highest BCUT2D eigenvalue weighted by Gasteiger charge is 2.20. The van der Waals surface area contributed by atoms with Crippen molar-refractivity contribution >= 4 is 5.97 Å². The molecule has 4 heteroatoms. The van der Waals surface area contributed by atoms with Gasteiger partial charge in [-0.3, -0.25) is 4.79 Å². The molecule has 2 rings (SSSR count). The molecule has 0 bridgehead atoms. The molecule has 0 radical (unpaired) electrons. The van der Waals surface area contributed by atoms with Crippen molar-refractivity contribution in [1.82, 2.24) is 9.97 Å². The van der Waals surface area contributed by atoms with Crippen molar-refractivity contribution in [2.75, 3.05) is 0 Å². The quantitative estimate of drug-likeness (QED) is 0.785. The zero-order valence-corrected chi connectivity index (χ0v) is 7.81. The van der Waals surface area contributed by atoms with Crippen LogP contribution in [0.4, 0.5) is 0 Å². The molecule has 1 heterocycles. The van der Waals surface area contributed by atoms with Gasteiger partial charge in [-0.1, -0.05) is 6.42 Å². The monoisotopic (exact) mass is 192 g/mol. The van der Waals surface area contributed by atoms with Gasteiger partial charge in [-0.2, -0.15) is 0 Å². The Morgan fingerprint density at radius 3 is 2.50 bits per heavy atom. The highest BCUT2D eigenvalue weighted by atomic mass is 16.4.